The van der Waals surface area contributed by atoms with Crippen LogP contribution >= 0.6 is 0 Å². The summed E-state index contributed by atoms with van der Waals surface area (Å²) in [5.74, 6) is 0.745. The van der Waals surface area contributed by atoms with E-state index in [0.29, 0.717) is 0 Å². The van der Waals surface area contributed by atoms with Gasteiger partial charge in [-0.1, -0.05) is 19.1 Å². The van der Waals surface area contributed by atoms with E-state index in [-0.39, 0.29) is 17.5 Å². The average Bonchev–Trinajstić information content (AvgIpc) is 3.04. The molecule has 0 N–H and O–H groups in total. The van der Waals surface area contributed by atoms with Gasteiger partial charge in [0.15, 0.2) is 0 Å². The molecule has 0 saturated heterocycles. The topological polar surface area (TPSA) is 35.5 Å². The van der Waals surface area contributed by atoms with Gasteiger partial charge in [-0.15, -0.1) is 0 Å². The fourth-order valence-corrected chi connectivity index (χ4v) is 4.56. The molecule has 0 radical (unpaired) electrons. The third kappa shape index (κ3) is 2.06. The maximum atomic E-state index is 11.4. The van der Waals surface area contributed by atoms with Crippen LogP contribution in [0.5, 0.6) is 5.75 Å². The Labute approximate surface area is 137 Å². The second-order valence-electron chi connectivity index (χ2n) is 7.03. The van der Waals surface area contributed by atoms with Gasteiger partial charge in [0.1, 0.15) is 11.9 Å². The van der Waals surface area contributed by atoms with Crippen LogP contribution in [0.1, 0.15) is 44.2 Å². The fraction of sp³-hybridized carbons (Fsp3) is 0.450. The van der Waals surface area contributed by atoms with Crippen LogP contribution in [0, 0.1) is 5.41 Å². The highest BCUT2D eigenvalue weighted by Gasteiger charge is 2.48. The number of methoxy groups -OCH3 is 1. The predicted molar refractivity (Wildman–Crippen MR) is 89.2 cm³/mol. The van der Waals surface area contributed by atoms with Gasteiger partial charge in [0.05, 0.1) is 7.11 Å². The first-order chi connectivity index (χ1) is 11.0. The Hall–Kier alpha value is -2.03. The Morgan fingerprint density at radius 3 is 2.87 bits per heavy atom. The van der Waals surface area contributed by atoms with Crippen molar-refractivity contribution < 1.29 is 14.3 Å². The Morgan fingerprint density at radius 2 is 2.13 bits per heavy atom. The molecule has 0 fully saturated rings. The fourth-order valence-electron chi connectivity index (χ4n) is 4.56. The van der Waals surface area contributed by atoms with Crippen LogP contribution in [-0.4, -0.2) is 19.2 Å². The van der Waals surface area contributed by atoms with Crippen molar-refractivity contribution >= 4 is 11.5 Å². The number of fused-ring (bicyclic) bond motifs is 4. The van der Waals surface area contributed by atoms with Crippen molar-refractivity contribution in [1.29, 1.82) is 0 Å². The van der Waals surface area contributed by atoms with Crippen LogP contribution in [0.15, 0.2) is 35.4 Å². The Kier molecular flexibility index (Phi) is 3.15. The van der Waals surface area contributed by atoms with E-state index in [2.05, 4.69) is 25.1 Å². The van der Waals surface area contributed by atoms with Crippen molar-refractivity contribution in [2.75, 3.05) is 7.11 Å². The van der Waals surface area contributed by atoms with E-state index in [9.17, 15) is 4.79 Å². The minimum Gasteiger partial charge on any atom is -0.497 e. The smallest absolute Gasteiger partial charge is 0.302 e. The summed E-state index contributed by atoms with van der Waals surface area (Å²) in [6, 6.07) is 6.40. The van der Waals surface area contributed by atoms with Crippen LogP contribution in [0.25, 0.3) is 5.57 Å². The van der Waals surface area contributed by atoms with Gasteiger partial charge >= 0.3 is 5.97 Å². The average molecular weight is 310 g/mol. The third-order valence-corrected chi connectivity index (χ3v) is 5.76. The number of hydrogen-bond acceptors (Lipinski definition) is 3. The summed E-state index contributed by atoms with van der Waals surface area (Å²) >= 11 is 0. The zero-order valence-electron chi connectivity index (χ0n) is 13.9. The molecular formula is C20H22O3. The molecule has 120 valence electrons. The summed E-state index contributed by atoms with van der Waals surface area (Å²) in [6.45, 7) is 3.76. The maximum Gasteiger partial charge on any atom is 0.302 e. The lowest BCUT2D eigenvalue weighted by Gasteiger charge is -2.38. The second-order valence-corrected chi connectivity index (χ2v) is 7.03. The number of carbonyl (C=O) groups excluding carboxylic acids is 1. The molecule has 0 spiro atoms. The second kappa shape index (κ2) is 4.98. The van der Waals surface area contributed by atoms with E-state index in [4.69, 9.17) is 9.47 Å². The summed E-state index contributed by atoms with van der Waals surface area (Å²) < 4.78 is 11.0. The monoisotopic (exact) mass is 310 g/mol. The lowest BCUT2D eigenvalue weighted by atomic mass is 9.69. The highest BCUT2D eigenvalue weighted by molar-refractivity contribution is 5.82. The highest BCUT2D eigenvalue weighted by Crippen LogP contribution is 2.56. The van der Waals surface area contributed by atoms with Crippen molar-refractivity contribution in [1.82, 2.24) is 0 Å². The van der Waals surface area contributed by atoms with Gasteiger partial charge in [0.2, 0.25) is 0 Å². The van der Waals surface area contributed by atoms with Crippen LogP contribution in [0.3, 0.4) is 0 Å². The quantitative estimate of drug-likeness (QED) is 0.773. The number of esters is 1. The van der Waals surface area contributed by atoms with E-state index in [1.807, 2.05) is 6.07 Å². The van der Waals surface area contributed by atoms with Crippen molar-refractivity contribution in [3.63, 3.8) is 0 Å². The molecule has 23 heavy (non-hydrogen) atoms. The normalized spacial score (nSPS) is 28.0. The lowest BCUT2D eigenvalue weighted by molar-refractivity contribution is -0.150. The van der Waals surface area contributed by atoms with Crippen LogP contribution in [0.2, 0.25) is 0 Å². The van der Waals surface area contributed by atoms with Gasteiger partial charge in [-0.3, -0.25) is 4.79 Å². The van der Waals surface area contributed by atoms with Crippen LogP contribution < -0.4 is 4.74 Å². The van der Waals surface area contributed by atoms with Crippen molar-refractivity contribution in [3.8, 4) is 5.75 Å². The number of carbonyl (C=O) groups is 1. The van der Waals surface area contributed by atoms with Crippen molar-refractivity contribution in [2.24, 2.45) is 5.41 Å². The zero-order valence-corrected chi connectivity index (χ0v) is 13.9. The molecule has 4 rings (SSSR count). The summed E-state index contributed by atoms with van der Waals surface area (Å²) in [5.41, 5.74) is 7.04. The molecule has 3 nitrogen and oxygen atoms in total. The Bertz CT molecular complexity index is 756. The first-order valence-electron chi connectivity index (χ1n) is 8.30. The number of rotatable bonds is 2. The SMILES string of the molecule is COc1ccc2c(c1)CC1=C2CC[C@@]2(C)C1=CC[C@@H]2OC(C)=O. The molecule has 3 aliphatic rings. The van der Waals surface area contributed by atoms with Crippen molar-refractivity contribution in [2.45, 2.75) is 45.6 Å². The van der Waals surface area contributed by atoms with Crippen molar-refractivity contribution in [3.05, 3.63) is 46.5 Å². The summed E-state index contributed by atoms with van der Waals surface area (Å²) in [6.07, 6.45) is 6.19. The number of benzene rings is 1. The van der Waals surface area contributed by atoms with Gasteiger partial charge in [0.25, 0.3) is 0 Å². The van der Waals surface area contributed by atoms with E-state index in [1.165, 1.54) is 34.8 Å². The van der Waals surface area contributed by atoms with E-state index >= 15 is 0 Å². The lowest BCUT2D eigenvalue weighted by Crippen LogP contribution is -2.35. The number of ether oxygens (including phenoxy) is 2. The van der Waals surface area contributed by atoms with Gasteiger partial charge in [-0.25, -0.2) is 0 Å². The minimum atomic E-state index is -0.176. The number of allylic oxidation sites excluding steroid dienone is 2. The Morgan fingerprint density at radius 1 is 1.30 bits per heavy atom. The third-order valence-electron chi connectivity index (χ3n) is 5.76. The maximum absolute atomic E-state index is 11.4. The van der Waals surface area contributed by atoms with Crippen LogP contribution in [-0.2, 0) is 16.0 Å². The van der Waals surface area contributed by atoms with Crippen LogP contribution in [0.4, 0.5) is 0 Å². The molecule has 0 heterocycles. The molecule has 3 heteroatoms. The van der Waals surface area contributed by atoms with Gasteiger partial charge in [-0.05, 0) is 59.2 Å². The molecule has 3 aliphatic carbocycles. The first kappa shape index (κ1) is 14.6. The van der Waals surface area contributed by atoms with Gasteiger partial charge in [-0.2, -0.15) is 0 Å². The van der Waals surface area contributed by atoms with E-state index < -0.39 is 0 Å². The molecule has 2 atom stereocenters. The molecule has 0 bridgehead atoms. The molecule has 0 aliphatic heterocycles. The first-order valence-corrected chi connectivity index (χ1v) is 8.30. The van der Waals surface area contributed by atoms with E-state index in [1.54, 1.807) is 7.11 Å². The molecule has 1 aromatic carbocycles. The summed E-state index contributed by atoms with van der Waals surface area (Å²) in [5, 5.41) is 0. The molecule has 1 aromatic rings. The summed E-state index contributed by atoms with van der Waals surface area (Å²) in [4.78, 5) is 11.4. The van der Waals surface area contributed by atoms with Gasteiger partial charge in [0, 0.05) is 18.8 Å². The standard InChI is InChI=1S/C20H22O3/c1-12(21)23-19-7-6-18-17-11-13-10-14(22-3)4-5-15(13)16(17)8-9-20(18,19)2/h4-6,10,19H,7-9,11H2,1-3H3/t19-,20-/m0/s1. The van der Waals surface area contributed by atoms with Gasteiger partial charge < -0.3 is 9.47 Å². The molecule has 0 amide bonds. The molecular weight excluding hydrogens is 288 g/mol. The summed E-state index contributed by atoms with van der Waals surface area (Å²) in [7, 11) is 1.71. The largest absolute Gasteiger partial charge is 0.497 e. The predicted octanol–water partition coefficient (Wildman–Crippen LogP) is 4.07. The molecule has 0 saturated carbocycles. The molecule has 0 aromatic heterocycles. The Balaban J connectivity index is 1.70. The minimum absolute atomic E-state index is 0.0118. The highest BCUT2D eigenvalue weighted by atomic mass is 16.5. The number of hydrogen-bond donors (Lipinski definition) is 0. The van der Waals surface area contributed by atoms with E-state index in [0.717, 1.165) is 31.4 Å². The zero-order chi connectivity index (χ0) is 16.2. The molecule has 0 unspecified atom stereocenters.